The number of para-hydroxylation sites is 1. The molecule has 2 atom stereocenters. The number of aromatic nitrogens is 1. The monoisotopic (exact) mass is 554 g/mol. The lowest BCUT2D eigenvalue weighted by molar-refractivity contribution is -0.142. The fourth-order valence-corrected chi connectivity index (χ4v) is 7.02. The highest BCUT2D eigenvalue weighted by atomic mass is 35.5. The second-order valence-corrected chi connectivity index (χ2v) is 11.8. The molecule has 1 aliphatic rings. The third kappa shape index (κ3) is 4.41. The molecule has 0 bridgehead atoms. The van der Waals surface area contributed by atoms with E-state index in [2.05, 4.69) is 59.4 Å². The van der Waals surface area contributed by atoms with Crippen molar-refractivity contribution in [2.45, 2.75) is 24.2 Å². The first-order valence-electron chi connectivity index (χ1n) is 12.2. The van der Waals surface area contributed by atoms with E-state index in [-0.39, 0.29) is 17.8 Å². The Morgan fingerprint density at radius 1 is 1.13 bits per heavy atom. The Morgan fingerprint density at radius 2 is 1.92 bits per heavy atom. The standard InChI is InChI=1S/C31H23ClN2O2S2/c1-18-7-9-22(10-8-18)38-34-27-6-4-3-5-23(27)29(24-11-12-37-28(24)17-33)30(34)20-13-19(14-21(32)15-20)25-16-26(25)31(35)36-2/h3-15,25-26H,16H2,1-2H3. The van der Waals surface area contributed by atoms with Crippen LogP contribution in [0.15, 0.2) is 83.1 Å². The molecule has 0 N–H and O–H groups in total. The van der Waals surface area contributed by atoms with Gasteiger partial charge in [-0.3, -0.25) is 8.77 Å². The van der Waals surface area contributed by atoms with Gasteiger partial charge in [-0.1, -0.05) is 47.5 Å². The number of esters is 1. The van der Waals surface area contributed by atoms with Crippen LogP contribution in [0.1, 0.15) is 28.3 Å². The van der Waals surface area contributed by atoms with Crippen molar-refractivity contribution in [3.05, 3.63) is 99.2 Å². The van der Waals surface area contributed by atoms with E-state index in [0.29, 0.717) is 9.90 Å². The van der Waals surface area contributed by atoms with Gasteiger partial charge in [-0.2, -0.15) is 5.26 Å². The number of carbonyl (C=O) groups is 1. The Morgan fingerprint density at radius 3 is 2.68 bits per heavy atom. The molecule has 1 aliphatic carbocycles. The summed E-state index contributed by atoms with van der Waals surface area (Å²) in [5, 5.41) is 13.6. The van der Waals surface area contributed by atoms with E-state index in [0.717, 1.165) is 50.2 Å². The van der Waals surface area contributed by atoms with Gasteiger partial charge >= 0.3 is 5.97 Å². The van der Waals surface area contributed by atoms with Gasteiger partial charge in [0.25, 0.3) is 0 Å². The van der Waals surface area contributed by atoms with Gasteiger partial charge in [0, 0.05) is 32.0 Å². The van der Waals surface area contributed by atoms with Crippen molar-refractivity contribution < 1.29 is 9.53 Å². The van der Waals surface area contributed by atoms with Crippen LogP contribution in [-0.4, -0.2) is 17.1 Å². The molecule has 7 heteroatoms. The summed E-state index contributed by atoms with van der Waals surface area (Å²) in [5.74, 6) is -0.236. The highest BCUT2D eigenvalue weighted by Crippen LogP contribution is 2.51. The van der Waals surface area contributed by atoms with Crippen LogP contribution in [0.2, 0.25) is 5.02 Å². The molecule has 38 heavy (non-hydrogen) atoms. The molecule has 4 nitrogen and oxygen atoms in total. The van der Waals surface area contributed by atoms with Crippen molar-refractivity contribution in [1.29, 1.82) is 5.26 Å². The van der Waals surface area contributed by atoms with Gasteiger partial charge in [0.1, 0.15) is 10.9 Å². The third-order valence-electron chi connectivity index (χ3n) is 7.00. The SMILES string of the molecule is COC(=O)C1CC1c1cc(Cl)cc(-c2c(-c3ccsc3C#N)c3ccccc3n2Sc2ccc(C)cc2)c1. The lowest BCUT2D eigenvalue weighted by Crippen LogP contribution is -2.04. The zero-order valence-electron chi connectivity index (χ0n) is 20.8. The van der Waals surface area contributed by atoms with E-state index >= 15 is 0 Å². The molecule has 0 radical (unpaired) electrons. The van der Waals surface area contributed by atoms with Gasteiger partial charge < -0.3 is 4.74 Å². The number of hydrogen-bond donors (Lipinski definition) is 0. The molecular formula is C31H23ClN2O2S2. The van der Waals surface area contributed by atoms with Crippen molar-refractivity contribution in [2.24, 2.45) is 5.92 Å². The minimum Gasteiger partial charge on any atom is -0.469 e. The van der Waals surface area contributed by atoms with Crippen molar-refractivity contribution in [1.82, 2.24) is 3.97 Å². The maximum absolute atomic E-state index is 12.2. The van der Waals surface area contributed by atoms with Gasteiger partial charge in [-0.05, 0) is 84.6 Å². The quantitative estimate of drug-likeness (QED) is 0.197. The number of fused-ring (bicyclic) bond motifs is 1. The van der Waals surface area contributed by atoms with Crippen molar-refractivity contribution in [3.8, 4) is 28.5 Å². The molecule has 5 aromatic rings. The molecule has 6 rings (SSSR count). The van der Waals surface area contributed by atoms with Gasteiger partial charge in [-0.25, -0.2) is 0 Å². The summed E-state index contributed by atoms with van der Waals surface area (Å²) >= 11 is 9.80. The van der Waals surface area contributed by atoms with Gasteiger partial charge in [0.15, 0.2) is 0 Å². The number of thiophene rings is 1. The lowest BCUT2D eigenvalue weighted by atomic mass is 9.97. The van der Waals surface area contributed by atoms with Crippen LogP contribution in [0.5, 0.6) is 0 Å². The molecule has 0 amide bonds. The van der Waals surface area contributed by atoms with Crippen LogP contribution in [-0.2, 0) is 9.53 Å². The number of rotatable bonds is 6. The zero-order valence-corrected chi connectivity index (χ0v) is 23.2. The maximum Gasteiger partial charge on any atom is 0.309 e. The molecular weight excluding hydrogens is 532 g/mol. The number of carbonyl (C=O) groups excluding carboxylic acids is 1. The van der Waals surface area contributed by atoms with Gasteiger partial charge in [0.2, 0.25) is 0 Å². The number of ether oxygens (including phenoxy) is 1. The van der Waals surface area contributed by atoms with Crippen LogP contribution in [0.25, 0.3) is 33.3 Å². The molecule has 2 heterocycles. The highest BCUT2D eigenvalue weighted by molar-refractivity contribution is 7.98. The molecule has 2 aromatic heterocycles. The summed E-state index contributed by atoms with van der Waals surface area (Å²) in [6.07, 6.45) is 0.753. The van der Waals surface area contributed by atoms with Crippen molar-refractivity contribution >= 4 is 51.8 Å². The maximum atomic E-state index is 12.2. The predicted octanol–water partition coefficient (Wildman–Crippen LogP) is 8.70. The van der Waals surface area contributed by atoms with Crippen LogP contribution >= 0.6 is 34.9 Å². The van der Waals surface area contributed by atoms with Crippen LogP contribution in [0.4, 0.5) is 0 Å². The number of aryl methyl sites for hydroxylation is 1. The Balaban J connectivity index is 1.61. The summed E-state index contributed by atoms with van der Waals surface area (Å²) in [6, 6.07) is 27.2. The molecule has 188 valence electrons. The summed E-state index contributed by atoms with van der Waals surface area (Å²) in [4.78, 5) is 14.0. The van der Waals surface area contributed by atoms with Crippen LogP contribution in [0.3, 0.4) is 0 Å². The van der Waals surface area contributed by atoms with E-state index in [9.17, 15) is 10.1 Å². The average molecular weight is 555 g/mol. The second-order valence-electron chi connectivity index (χ2n) is 9.46. The zero-order chi connectivity index (χ0) is 26.4. The van der Waals surface area contributed by atoms with Crippen LogP contribution in [0, 0.1) is 24.2 Å². The van der Waals surface area contributed by atoms with E-state index in [1.54, 1.807) is 11.9 Å². The van der Waals surface area contributed by atoms with Crippen molar-refractivity contribution in [3.63, 3.8) is 0 Å². The predicted molar refractivity (Wildman–Crippen MR) is 156 cm³/mol. The Hall–Kier alpha value is -3.50. The summed E-state index contributed by atoms with van der Waals surface area (Å²) in [5.41, 5.74) is 7.12. The van der Waals surface area contributed by atoms with E-state index in [4.69, 9.17) is 16.3 Å². The molecule has 1 saturated carbocycles. The first-order chi connectivity index (χ1) is 18.5. The number of nitriles is 1. The summed E-state index contributed by atoms with van der Waals surface area (Å²) in [6.45, 7) is 2.08. The summed E-state index contributed by atoms with van der Waals surface area (Å²) < 4.78 is 7.23. The molecule has 3 aromatic carbocycles. The Kier molecular flexibility index (Phi) is 6.53. The molecule has 0 aliphatic heterocycles. The lowest BCUT2D eigenvalue weighted by Gasteiger charge is -2.14. The number of methoxy groups -OCH3 is 1. The third-order valence-corrected chi connectivity index (χ3v) is 9.08. The number of benzene rings is 3. The van der Waals surface area contributed by atoms with Crippen molar-refractivity contribution in [2.75, 3.05) is 7.11 Å². The number of halogens is 1. The number of hydrogen-bond acceptors (Lipinski definition) is 5. The molecule has 2 unspecified atom stereocenters. The first-order valence-corrected chi connectivity index (χ1v) is 14.3. The number of nitrogens with zero attached hydrogens (tertiary/aromatic N) is 2. The van der Waals surface area contributed by atoms with E-state index in [1.165, 1.54) is 24.0 Å². The summed E-state index contributed by atoms with van der Waals surface area (Å²) in [7, 11) is 1.43. The normalized spacial score (nSPS) is 16.4. The molecule has 0 spiro atoms. The minimum absolute atomic E-state index is 0.0850. The van der Waals surface area contributed by atoms with Gasteiger partial charge in [-0.15, -0.1) is 11.3 Å². The largest absolute Gasteiger partial charge is 0.469 e. The minimum atomic E-state index is -0.182. The Bertz CT molecular complexity index is 1730. The fraction of sp³-hybridized carbons (Fsp3) is 0.161. The topological polar surface area (TPSA) is 55.0 Å². The van der Waals surface area contributed by atoms with E-state index < -0.39 is 0 Å². The molecule has 1 fully saturated rings. The Labute approximate surface area is 234 Å². The van der Waals surface area contributed by atoms with E-state index in [1.807, 2.05) is 35.7 Å². The highest BCUT2D eigenvalue weighted by Gasteiger charge is 2.45. The first kappa shape index (κ1) is 24.8. The average Bonchev–Trinajstić information content (AvgIpc) is 3.49. The van der Waals surface area contributed by atoms with Gasteiger partial charge in [0.05, 0.1) is 24.2 Å². The fourth-order valence-electron chi connectivity index (χ4n) is 5.08. The smallest absolute Gasteiger partial charge is 0.309 e. The second kappa shape index (κ2) is 9.99. The van der Waals surface area contributed by atoms with Crippen LogP contribution < -0.4 is 0 Å². The molecule has 0 saturated heterocycles.